The second-order valence-electron chi connectivity index (χ2n) is 6.39. The molecule has 0 saturated heterocycles. The van der Waals surface area contributed by atoms with E-state index in [1.54, 1.807) is 6.07 Å². The zero-order valence-corrected chi connectivity index (χ0v) is 15.7. The Kier molecular flexibility index (Phi) is 8.60. The highest BCUT2D eigenvalue weighted by Crippen LogP contribution is 2.15. The molecule has 0 aliphatic carbocycles. The van der Waals surface area contributed by atoms with Crippen LogP contribution in [-0.4, -0.2) is 74.4 Å². The van der Waals surface area contributed by atoms with Gasteiger partial charge in [0.05, 0.1) is 0 Å². The molecule has 8 heteroatoms. The summed E-state index contributed by atoms with van der Waals surface area (Å²) in [5, 5.41) is 23.3. The van der Waals surface area contributed by atoms with Crippen LogP contribution in [0.3, 0.4) is 0 Å². The van der Waals surface area contributed by atoms with E-state index < -0.39 is 10.9 Å². The van der Waals surface area contributed by atoms with Crippen molar-refractivity contribution in [3.8, 4) is 11.5 Å². The lowest BCUT2D eigenvalue weighted by atomic mass is 10.2. The average Bonchev–Trinajstić information content (AvgIpc) is 2.56. The van der Waals surface area contributed by atoms with Crippen LogP contribution in [0.2, 0.25) is 0 Å². The Balaban J connectivity index is 0.000000350. The van der Waals surface area contributed by atoms with Gasteiger partial charge in [0.2, 0.25) is 0 Å². The van der Waals surface area contributed by atoms with Crippen LogP contribution in [0.1, 0.15) is 0 Å². The molecule has 0 bridgehead atoms. The van der Waals surface area contributed by atoms with Gasteiger partial charge in [0.25, 0.3) is 10.9 Å². The minimum atomic E-state index is -0.416. The Morgan fingerprint density at radius 3 is 1.46 bits per heavy atom. The first-order chi connectivity index (χ1) is 12.2. The SMILES string of the molecule is CN(C)CCNc1c(NCCN(C)C)c(=O)c1=O.Oc1cccc(O)c1. The third-order valence-electron chi connectivity index (χ3n) is 3.46. The molecule has 0 saturated carbocycles. The second-order valence-corrected chi connectivity index (χ2v) is 6.39. The Hall–Kier alpha value is -2.58. The van der Waals surface area contributed by atoms with Gasteiger partial charge in [-0.1, -0.05) is 6.07 Å². The van der Waals surface area contributed by atoms with Crippen LogP contribution in [0.15, 0.2) is 33.9 Å². The van der Waals surface area contributed by atoms with E-state index in [-0.39, 0.29) is 11.5 Å². The first kappa shape index (κ1) is 21.5. The number of phenolic OH excluding ortho intramolecular Hbond substituents is 2. The van der Waals surface area contributed by atoms with Crippen molar-refractivity contribution in [2.75, 3.05) is 65.0 Å². The van der Waals surface area contributed by atoms with Gasteiger partial charge in [-0.3, -0.25) is 9.59 Å². The summed E-state index contributed by atoms with van der Waals surface area (Å²) < 4.78 is 0. The van der Waals surface area contributed by atoms with Gasteiger partial charge >= 0.3 is 0 Å². The fourth-order valence-corrected chi connectivity index (χ4v) is 2.03. The van der Waals surface area contributed by atoms with Gasteiger partial charge in [-0.15, -0.1) is 0 Å². The van der Waals surface area contributed by atoms with Crippen molar-refractivity contribution < 1.29 is 10.2 Å². The molecule has 0 spiro atoms. The van der Waals surface area contributed by atoms with E-state index in [1.165, 1.54) is 18.2 Å². The van der Waals surface area contributed by atoms with Crippen LogP contribution in [0, 0.1) is 0 Å². The van der Waals surface area contributed by atoms with Crippen LogP contribution >= 0.6 is 0 Å². The highest BCUT2D eigenvalue weighted by atomic mass is 16.3. The van der Waals surface area contributed by atoms with Crippen LogP contribution in [-0.2, 0) is 0 Å². The molecule has 0 aliphatic heterocycles. The van der Waals surface area contributed by atoms with Crippen molar-refractivity contribution in [3.05, 3.63) is 44.7 Å². The minimum absolute atomic E-state index is 0.0880. The summed E-state index contributed by atoms with van der Waals surface area (Å²) in [7, 11) is 7.83. The molecule has 0 radical (unpaired) electrons. The lowest BCUT2D eigenvalue weighted by Gasteiger charge is -2.17. The number of hydrogen-bond acceptors (Lipinski definition) is 8. The summed E-state index contributed by atoms with van der Waals surface area (Å²) in [6, 6.07) is 5.85. The van der Waals surface area contributed by atoms with Gasteiger partial charge in [-0.25, -0.2) is 0 Å². The highest BCUT2D eigenvalue weighted by molar-refractivity contribution is 5.73. The largest absolute Gasteiger partial charge is 0.508 e. The van der Waals surface area contributed by atoms with E-state index in [0.717, 1.165) is 13.1 Å². The van der Waals surface area contributed by atoms with Crippen LogP contribution < -0.4 is 21.5 Å². The molecular formula is C18H28N4O4. The molecule has 0 heterocycles. The average molecular weight is 364 g/mol. The van der Waals surface area contributed by atoms with Gasteiger partial charge < -0.3 is 30.6 Å². The highest BCUT2D eigenvalue weighted by Gasteiger charge is 2.19. The van der Waals surface area contributed by atoms with Crippen LogP contribution in [0.25, 0.3) is 0 Å². The number of benzene rings is 1. The van der Waals surface area contributed by atoms with E-state index in [2.05, 4.69) is 10.6 Å². The van der Waals surface area contributed by atoms with Crippen molar-refractivity contribution in [2.45, 2.75) is 0 Å². The quantitative estimate of drug-likeness (QED) is 0.497. The van der Waals surface area contributed by atoms with Crippen LogP contribution in [0.5, 0.6) is 11.5 Å². The molecule has 0 fully saturated rings. The number of hydrogen-bond donors (Lipinski definition) is 4. The summed E-state index contributed by atoms with van der Waals surface area (Å²) in [5.74, 6) is 0.176. The van der Waals surface area contributed by atoms with Crippen molar-refractivity contribution in [2.24, 2.45) is 0 Å². The molecule has 2 aromatic carbocycles. The molecule has 0 atom stereocenters. The van der Waals surface area contributed by atoms with Crippen molar-refractivity contribution in [3.63, 3.8) is 0 Å². The van der Waals surface area contributed by atoms with Crippen LogP contribution in [0.4, 0.5) is 11.4 Å². The molecule has 2 aromatic rings. The first-order valence-electron chi connectivity index (χ1n) is 8.31. The zero-order chi connectivity index (χ0) is 19.7. The fraction of sp³-hybridized carbons (Fsp3) is 0.444. The summed E-state index contributed by atoms with van der Waals surface area (Å²) >= 11 is 0. The molecule has 0 aliphatic rings. The Morgan fingerprint density at radius 1 is 0.808 bits per heavy atom. The fourth-order valence-electron chi connectivity index (χ4n) is 2.03. The maximum Gasteiger partial charge on any atom is 0.253 e. The molecular weight excluding hydrogens is 336 g/mol. The molecule has 4 N–H and O–H groups in total. The number of aromatic hydroxyl groups is 2. The lowest BCUT2D eigenvalue weighted by Crippen LogP contribution is -2.39. The zero-order valence-electron chi connectivity index (χ0n) is 15.7. The maximum atomic E-state index is 11.4. The van der Waals surface area contributed by atoms with Crippen molar-refractivity contribution in [1.29, 1.82) is 0 Å². The lowest BCUT2D eigenvalue weighted by molar-refractivity contribution is 0.424. The smallest absolute Gasteiger partial charge is 0.253 e. The normalized spacial score (nSPS) is 10.7. The number of likely N-dealkylation sites (N-methyl/N-ethyl adjacent to an activating group) is 2. The van der Waals surface area contributed by atoms with E-state index in [1.807, 2.05) is 38.0 Å². The summed E-state index contributed by atoms with van der Waals surface area (Å²) in [6.45, 7) is 2.94. The third-order valence-corrected chi connectivity index (χ3v) is 3.46. The monoisotopic (exact) mass is 364 g/mol. The molecule has 0 unspecified atom stereocenters. The van der Waals surface area contributed by atoms with E-state index in [4.69, 9.17) is 10.2 Å². The molecule has 8 nitrogen and oxygen atoms in total. The molecule has 2 rings (SSSR count). The van der Waals surface area contributed by atoms with Crippen molar-refractivity contribution in [1.82, 2.24) is 9.80 Å². The third kappa shape index (κ3) is 7.12. The first-order valence-corrected chi connectivity index (χ1v) is 8.31. The Labute approximate surface area is 153 Å². The molecule has 0 aromatic heterocycles. The standard InChI is InChI=1S/C12H22N4O2.C6H6O2/c1-15(2)7-5-13-9-10(12(18)11(9)17)14-6-8-16(3)4;7-5-2-1-3-6(8)4-5/h13-14H,5-8H2,1-4H3;1-4,7-8H. The van der Waals surface area contributed by atoms with Crippen molar-refractivity contribution >= 4 is 11.4 Å². The maximum absolute atomic E-state index is 11.4. The molecule has 144 valence electrons. The number of nitrogens with one attached hydrogen (secondary N) is 2. The molecule has 0 amide bonds. The Bertz CT molecular complexity index is 693. The molecule has 26 heavy (non-hydrogen) atoms. The Morgan fingerprint density at radius 2 is 1.19 bits per heavy atom. The minimum Gasteiger partial charge on any atom is -0.508 e. The van der Waals surface area contributed by atoms with Gasteiger partial charge in [-0.05, 0) is 40.3 Å². The second kappa shape index (κ2) is 10.4. The number of phenols is 2. The summed E-state index contributed by atoms with van der Waals surface area (Å²) in [4.78, 5) is 26.8. The predicted molar refractivity (Wildman–Crippen MR) is 105 cm³/mol. The predicted octanol–water partition coefficient (Wildman–Crippen LogP) is 0.327. The van der Waals surface area contributed by atoms with Gasteiger partial charge in [0.15, 0.2) is 0 Å². The van der Waals surface area contributed by atoms with E-state index in [0.29, 0.717) is 24.5 Å². The van der Waals surface area contributed by atoms with Gasteiger partial charge in [0.1, 0.15) is 22.9 Å². The van der Waals surface area contributed by atoms with Gasteiger partial charge in [0, 0.05) is 32.2 Å². The van der Waals surface area contributed by atoms with Gasteiger partial charge in [-0.2, -0.15) is 0 Å². The number of anilines is 2. The summed E-state index contributed by atoms with van der Waals surface area (Å²) in [6.07, 6.45) is 0. The number of nitrogens with zero attached hydrogens (tertiary/aromatic N) is 2. The van der Waals surface area contributed by atoms with E-state index in [9.17, 15) is 9.59 Å². The van der Waals surface area contributed by atoms with E-state index >= 15 is 0 Å². The topological polar surface area (TPSA) is 105 Å². The summed E-state index contributed by atoms with van der Waals surface area (Å²) in [5.41, 5.74) is 0.0310. The number of rotatable bonds is 8.